The van der Waals surface area contributed by atoms with E-state index in [0.717, 1.165) is 41.4 Å². The molecule has 0 radical (unpaired) electrons. The number of likely N-dealkylation sites (tertiary alicyclic amines) is 1. The number of primary amides is 1. The van der Waals surface area contributed by atoms with E-state index in [1.54, 1.807) is 24.4 Å². The number of piperidine rings is 1. The molecule has 0 spiro atoms. The summed E-state index contributed by atoms with van der Waals surface area (Å²) in [4.78, 5) is 30.3. The smallest absolute Gasteiger partial charge is 0.295 e. The number of nitrogens with two attached hydrogens (primary N) is 1. The van der Waals surface area contributed by atoms with Gasteiger partial charge in [-0.2, -0.15) is 0 Å². The largest absolute Gasteiger partial charge is 0.369 e. The minimum absolute atomic E-state index is 0.136. The van der Waals surface area contributed by atoms with Gasteiger partial charge in [-0.1, -0.05) is 12.1 Å². The molecule has 32 heavy (non-hydrogen) atoms. The molecule has 1 aromatic carbocycles. The lowest BCUT2D eigenvalue weighted by molar-refractivity contribution is -0.123. The normalized spacial score (nSPS) is 16.9. The van der Waals surface area contributed by atoms with E-state index in [1.807, 2.05) is 10.8 Å². The third-order valence-corrected chi connectivity index (χ3v) is 5.93. The van der Waals surface area contributed by atoms with E-state index in [2.05, 4.69) is 9.88 Å². The average molecular weight is 439 g/mol. The summed E-state index contributed by atoms with van der Waals surface area (Å²) >= 11 is 0. The molecule has 0 saturated carbocycles. The van der Waals surface area contributed by atoms with Gasteiger partial charge in [-0.25, -0.2) is 14.4 Å². The number of pyridine rings is 1. The van der Waals surface area contributed by atoms with Gasteiger partial charge in [-0.3, -0.25) is 19.7 Å². The Kier molecular flexibility index (Phi) is 6.20. The second-order valence-electron chi connectivity index (χ2n) is 8.30. The molecule has 8 nitrogen and oxygen atoms in total. The summed E-state index contributed by atoms with van der Waals surface area (Å²) < 4.78 is 15.3. The number of hydroxylamine groups is 2. The maximum Gasteiger partial charge on any atom is 0.295 e. The Morgan fingerprint density at radius 1 is 1.28 bits per heavy atom. The van der Waals surface area contributed by atoms with Crippen LogP contribution >= 0.6 is 0 Å². The van der Waals surface area contributed by atoms with Gasteiger partial charge in [0.2, 0.25) is 5.91 Å². The maximum absolute atomic E-state index is 13.3. The molecule has 3 heterocycles. The zero-order valence-electron chi connectivity index (χ0n) is 17.9. The summed E-state index contributed by atoms with van der Waals surface area (Å²) in [6, 6.07) is 7.98. The number of rotatable bonds is 6. The molecule has 3 N–H and O–H groups in total. The summed E-state index contributed by atoms with van der Waals surface area (Å²) in [5.74, 6) is -1.34. The predicted octanol–water partition coefficient (Wildman–Crippen LogP) is 2.38. The molecule has 4 rings (SSSR count). The van der Waals surface area contributed by atoms with Crippen molar-refractivity contribution in [2.24, 2.45) is 11.7 Å². The molecule has 3 aromatic rings. The fourth-order valence-electron chi connectivity index (χ4n) is 4.26. The Bertz CT molecular complexity index is 1140. The number of fused-ring (bicyclic) bond motifs is 1. The van der Waals surface area contributed by atoms with Crippen LogP contribution in [-0.4, -0.2) is 56.7 Å². The molecule has 0 bridgehead atoms. The Morgan fingerprint density at radius 3 is 2.72 bits per heavy atom. The number of hydrogen-bond acceptors (Lipinski definition) is 5. The van der Waals surface area contributed by atoms with E-state index in [0.29, 0.717) is 24.7 Å². The first-order chi connectivity index (χ1) is 15.3. The third kappa shape index (κ3) is 4.63. The highest BCUT2D eigenvalue weighted by atomic mass is 19.1. The minimum Gasteiger partial charge on any atom is -0.369 e. The fourth-order valence-corrected chi connectivity index (χ4v) is 4.26. The van der Waals surface area contributed by atoms with Gasteiger partial charge in [-0.05, 0) is 48.7 Å². The first-order valence-electron chi connectivity index (χ1n) is 10.5. The number of nitrogens with zero attached hydrogens (tertiary/aromatic N) is 4. The Labute approximate surface area is 185 Å². The van der Waals surface area contributed by atoms with Crippen molar-refractivity contribution in [2.75, 3.05) is 20.1 Å². The Morgan fingerprint density at radius 2 is 2.03 bits per heavy atom. The van der Waals surface area contributed by atoms with Crippen molar-refractivity contribution in [3.8, 4) is 0 Å². The summed E-state index contributed by atoms with van der Waals surface area (Å²) in [5, 5.41) is 10.9. The molecule has 1 unspecified atom stereocenters. The lowest BCUT2D eigenvalue weighted by atomic mass is 9.97. The first kappa shape index (κ1) is 21.9. The summed E-state index contributed by atoms with van der Waals surface area (Å²) in [6.45, 7) is 2.54. The van der Waals surface area contributed by atoms with E-state index >= 15 is 0 Å². The van der Waals surface area contributed by atoms with Crippen LogP contribution in [0.4, 0.5) is 4.39 Å². The van der Waals surface area contributed by atoms with Crippen LogP contribution in [0.3, 0.4) is 0 Å². The summed E-state index contributed by atoms with van der Waals surface area (Å²) in [6.07, 6.45) is 5.30. The molecule has 0 aliphatic carbocycles. The molecule has 2 amide bonds. The SMILES string of the molecule is CN(O)C(=O)c1cc2c(CN3CCCC(C(N)=O)C3)cn(Cc3ccc(F)cc3)c2cn1. The first-order valence-corrected chi connectivity index (χ1v) is 10.5. The second-order valence-corrected chi connectivity index (χ2v) is 8.30. The van der Waals surface area contributed by atoms with Crippen molar-refractivity contribution in [2.45, 2.75) is 25.9 Å². The fraction of sp³-hybridized carbons (Fsp3) is 0.348. The molecule has 2 aromatic heterocycles. The van der Waals surface area contributed by atoms with Crippen LogP contribution in [0.5, 0.6) is 0 Å². The van der Waals surface area contributed by atoms with Crippen LogP contribution < -0.4 is 5.73 Å². The zero-order valence-corrected chi connectivity index (χ0v) is 17.9. The molecular weight excluding hydrogens is 413 g/mol. The molecule has 1 aliphatic heterocycles. The number of benzene rings is 1. The van der Waals surface area contributed by atoms with Crippen LogP contribution in [0.2, 0.25) is 0 Å². The van der Waals surface area contributed by atoms with Gasteiger partial charge in [0.05, 0.1) is 17.6 Å². The third-order valence-electron chi connectivity index (χ3n) is 5.93. The van der Waals surface area contributed by atoms with Crippen LogP contribution in [0, 0.1) is 11.7 Å². The summed E-state index contributed by atoms with van der Waals surface area (Å²) in [5.41, 5.74) is 8.39. The maximum atomic E-state index is 13.3. The quantitative estimate of drug-likeness (QED) is 0.453. The van der Waals surface area contributed by atoms with Gasteiger partial charge in [0.15, 0.2) is 0 Å². The van der Waals surface area contributed by atoms with E-state index in [-0.39, 0.29) is 23.3 Å². The van der Waals surface area contributed by atoms with Gasteiger partial charge in [-0.15, -0.1) is 0 Å². The second kappa shape index (κ2) is 9.05. The molecule has 1 fully saturated rings. The predicted molar refractivity (Wildman–Crippen MR) is 116 cm³/mol. The number of amides is 2. The van der Waals surface area contributed by atoms with Crippen molar-refractivity contribution in [3.05, 3.63) is 65.4 Å². The van der Waals surface area contributed by atoms with Crippen molar-refractivity contribution in [1.29, 1.82) is 0 Å². The van der Waals surface area contributed by atoms with Gasteiger partial charge in [0.25, 0.3) is 5.91 Å². The van der Waals surface area contributed by atoms with Crippen molar-refractivity contribution in [1.82, 2.24) is 19.5 Å². The van der Waals surface area contributed by atoms with Gasteiger partial charge < -0.3 is 10.3 Å². The van der Waals surface area contributed by atoms with E-state index in [4.69, 9.17) is 5.73 Å². The Hall–Kier alpha value is -3.30. The molecular formula is C23H26FN5O3. The van der Waals surface area contributed by atoms with Crippen molar-refractivity contribution >= 4 is 22.7 Å². The lowest BCUT2D eigenvalue weighted by Crippen LogP contribution is -2.40. The van der Waals surface area contributed by atoms with Crippen molar-refractivity contribution < 1.29 is 19.2 Å². The topological polar surface area (TPSA) is 105 Å². The van der Waals surface area contributed by atoms with Crippen LogP contribution in [0.25, 0.3) is 10.9 Å². The standard InChI is InChI=1S/C23H26FN5O3/c1-27(32)23(31)20-9-19-17(13-28-8-2-3-16(12-28)22(25)30)14-29(21(19)10-26-20)11-15-4-6-18(24)7-5-15/h4-7,9-10,14,16,32H,2-3,8,11-13H2,1H3,(H2,25,30). The van der Waals surface area contributed by atoms with Gasteiger partial charge in [0, 0.05) is 38.3 Å². The van der Waals surface area contributed by atoms with E-state index in [9.17, 15) is 19.2 Å². The highest BCUT2D eigenvalue weighted by molar-refractivity contribution is 5.96. The number of carbonyl (C=O) groups excluding carboxylic acids is 2. The molecule has 168 valence electrons. The van der Waals surface area contributed by atoms with E-state index < -0.39 is 5.91 Å². The lowest BCUT2D eigenvalue weighted by Gasteiger charge is -2.30. The Balaban J connectivity index is 1.70. The average Bonchev–Trinajstić information content (AvgIpc) is 3.11. The molecule has 1 aliphatic rings. The number of carbonyl (C=O) groups is 2. The highest BCUT2D eigenvalue weighted by Gasteiger charge is 2.25. The number of aromatic nitrogens is 2. The molecule has 9 heteroatoms. The number of hydrogen-bond donors (Lipinski definition) is 2. The molecule has 1 saturated heterocycles. The summed E-state index contributed by atoms with van der Waals surface area (Å²) in [7, 11) is 1.26. The van der Waals surface area contributed by atoms with Crippen molar-refractivity contribution in [3.63, 3.8) is 0 Å². The number of halogens is 1. The monoisotopic (exact) mass is 439 g/mol. The van der Waals surface area contributed by atoms with Gasteiger partial charge >= 0.3 is 0 Å². The minimum atomic E-state index is -0.601. The molecule has 1 atom stereocenters. The van der Waals surface area contributed by atoms with Gasteiger partial charge in [0.1, 0.15) is 11.5 Å². The van der Waals surface area contributed by atoms with E-state index in [1.165, 1.54) is 19.2 Å². The highest BCUT2D eigenvalue weighted by Crippen LogP contribution is 2.26. The van der Waals surface area contributed by atoms with Crippen LogP contribution in [-0.2, 0) is 17.9 Å². The van der Waals surface area contributed by atoms with Crippen LogP contribution in [0.15, 0.2) is 42.7 Å². The van der Waals surface area contributed by atoms with Crippen LogP contribution in [0.1, 0.15) is 34.5 Å². The zero-order chi connectivity index (χ0) is 22.8.